The van der Waals surface area contributed by atoms with Gasteiger partial charge in [0.05, 0.1) is 5.92 Å². The minimum atomic E-state index is -0.728. The van der Waals surface area contributed by atoms with E-state index in [1.807, 2.05) is 18.2 Å². The minimum absolute atomic E-state index is 0.0808. The molecule has 0 atom stereocenters. The molecular formula is C16H24N4O3. The van der Waals surface area contributed by atoms with Crippen LogP contribution >= 0.6 is 0 Å². The number of aliphatic carboxylic acids is 1. The summed E-state index contributed by atoms with van der Waals surface area (Å²) in [6.07, 6.45) is 5.25. The summed E-state index contributed by atoms with van der Waals surface area (Å²) in [5.41, 5.74) is 0. The maximum absolute atomic E-state index is 11.8. The van der Waals surface area contributed by atoms with Gasteiger partial charge < -0.3 is 21.1 Å². The largest absolute Gasteiger partial charge is 0.481 e. The van der Waals surface area contributed by atoms with Crippen molar-refractivity contribution >= 4 is 17.8 Å². The van der Waals surface area contributed by atoms with Crippen LogP contribution in [-0.2, 0) is 4.79 Å². The highest BCUT2D eigenvalue weighted by Crippen LogP contribution is 2.24. The lowest BCUT2D eigenvalue weighted by Crippen LogP contribution is -2.44. The Balaban J connectivity index is 1.53. The highest BCUT2D eigenvalue weighted by molar-refractivity contribution is 5.74. The molecule has 0 bridgehead atoms. The summed E-state index contributed by atoms with van der Waals surface area (Å²) in [5, 5.41) is 17.9. The van der Waals surface area contributed by atoms with E-state index in [0.29, 0.717) is 19.4 Å². The average Bonchev–Trinajstić information content (AvgIpc) is 2.56. The fraction of sp³-hybridized carbons (Fsp3) is 0.562. The second-order valence-electron chi connectivity index (χ2n) is 5.78. The van der Waals surface area contributed by atoms with Crippen molar-refractivity contribution in [3.8, 4) is 0 Å². The highest BCUT2D eigenvalue weighted by Gasteiger charge is 2.26. The molecule has 1 aliphatic carbocycles. The molecule has 0 spiro atoms. The molecule has 4 N–H and O–H groups in total. The van der Waals surface area contributed by atoms with Crippen LogP contribution in [-0.4, -0.2) is 41.2 Å². The molecule has 7 nitrogen and oxygen atoms in total. The molecule has 2 amide bonds. The summed E-state index contributed by atoms with van der Waals surface area (Å²) < 4.78 is 0. The lowest BCUT2D eigenvalue weighted by atomic mass is 9.86. The minimum Gasteiger partial charge on any atom is -0.481 e. The first-order valence-corrected chi connectivity index (χ1v) is 8.07. The normalized spacial score (nSPS) is 20.5. The van der Waals surface area contributed by atoms with Crippen molar-refractivity contribution in [1.29, 1.82) is 0 Å². The number of carbonyl (C=O) groups is 2. The van der Waals surface area contributed by atoms with Crippen LogP contribution in [0, 0.1) is 5.92 Å². The van der Waals surface area contributed by atoms with Gasteiger partial charge in [0.2, 0.25) is 0 Å². The number of carboxylic acids is 1. The molecule has 0 saturated heterocycles. The second kappa shape index (κ2) is 8.97. The van der Waals surface area contributed by atoms with Crippen LogP contribution in [0.15, 0.2) is 24.4 Å². The van der Waals surface area contributed by atoms with E-state index in [4.69, 9.17) is 5.11 Å². The molecular weight excluding hydrogens is 296 g/mol. The molecule has 1 heterocycles. The number of nitrogens with zero attached hydrogens (tertiary/aromatic N) is 1. The summed E-state index contributed by atoms with van der Waals surface area (Å²) >= 11 is 0. The zero-order valence-corrected chi connectivity index (χ0v) is 13.1. The summed E-state index contributed by atoms with van der Waals surface area (Å²) in [4.78, 5) is 26.8. The Labute approximate surface area is 135 Å². The number of carboxylic acid groups (broad SMARTS) is 1. The highest BCUT2D eigenvalue weighted by atomic mass is 16.4. The molecule has 2 rings (SSSR count). The van der Waals surface area contributed by atoms with E-state index >= 15 is 0 Å². The van der Waals surface area contributed by atoms with Crippen LogP contribution < -0.4 is 16.0 Å². The third kappa shape index (κ3) is 6.14. The Morgan fingerprint density at radius 2 is 1.96 bits per heavy atom. The zero-order chi connectivity index (χ0) is 16.5. The van der Waals surface area contributed by atoms with E-state index in [2.05, 4.69) is 20.9 Å². The summed E-state index contributed by atoms with van der Waals surface area (Å²) in [6, 6.07) is 5.58. The van der Waals surface area contributed by atoms with Crippen LogP contribution in [0.1, 0.15) is 32.1 Å². The molecule has 1 aliphatic rings. The summed E-state index contributed by atoms with van der Waals surface area (Å²) in [5.74, 6) is -0.158. The van der Waals surface area contributed by atoms with E-state index in [0.717, 1.165) is 31.6 Å². The number of rotatable bonds is 7. The summed E-state index contributed by atoms with van der Waals surface area (Å²) in [7, 11) is 0. The predicted molar refractivity (Wildman–Crippen MR) is 87.3 cm³/mol. The molecule has 0 aromatic carbocycles. The SMILES string of the molecule is O=C(NCCCNc1ccccn1)NC1CCC(C(=O)O)CC1. The molecule has 7 heteroatoms. The first-order chi connectivity index (χ1) is 11.1. The van der Waals surface area contributed by atoms with Gasteiger partial charge in [0.1, 0.15) is 5.82 Å². The molecule has 0 aliphatic heterocycles. The molecule has 1 fully saturated rings. The number of aromatic nitrogens is 1. The third-order valence-corrected chi connectivity index (χ3v) is 4.02. The fourth-order valence-corrected chi connectivity index (χ4v) is 2.70. The van der Waals surface area contributed by atoms with Crippen LogP contribution in [0.5, 0.6) is 0 Å². The van der Waals surface area contributed by atoms with Crippen molar-refractivity contribution in [1.82, 2.24) is 15.6 Å². The molecule has 0 unspecified atom stereocenters. The first kappa shape index (κ1) is 17.1. The molecule has 1 aromatic rings. The van der Waals surface area contributed by atoms with Crippen molar-refractivity contribution in [2.75, 3.05) is 18.4 Å². The van der Waals surface area contributed by atoms with Crippen LogP contribution in [0.2, 0.25) is 0 Å². The van der Waals surface area contributed by atoms with Gasteiger partial charge in [0.25, 0.3) is 0 Å². The topological polar surface area (TPSA) is 103 Å². The third-order valence-electron chi connectivity index (χ3n) is 4.02. The van der Waals surface area contributed by atoms with Gasteiger partial charge in [-0.25, -0.2) is 9.78 Å². The molecule has 126 valence electrons. The first-order valence-electron chi connectivity index (χ1n) is 8.07. The smallest absolute Gasteiger partial charge is 0.315 e. The number of pyridine rings is 1. The molecule has 1 aromatic heterocycles. The maximum atomic E-state index is 11.8. The Morgan fingerprint density at radius 3 is 2.61 bits per heavy atom. The number of amides is 2. The average molecular weight is 320 g/mol. The Kier molecular flexibility index (Phi) is 6.65. The molecule has 1 saturated carbocycles. The fourth-order valence-electron chi connectivity index (χ4n) is 2.70. The lowest BCUT2D eigenvalue weighted by molar-refractivity contribution is -0.142. The van der Waals surface area contributed by atoms with Gasteiger partial charge in [-0.1, -0.05) is 6.07 Å². The van der Waals surface area contributed by atoms with Crippen LogP contribution in [0.3, 0.4) is 0 Å². The Hall–Kier alpha value is -2.31. The number of anilines is 1. The number of hydrogen-bond acceptors (Lipinski definition) is 4. The van der Waals surface area contributed by atoms with Crippen molar-refractivity contribution in [2.24, 2.45) is 5.92 Å². The van der Waals surface area contributed by atoms with Gasteiger partial charge in [0.15, 0.2) is 0 Å². The van der Waals surface area contributed by atoms with Crippen molar-refractivity contribution in [3.63, 3.8) is 0 Å². The maximum Gasteiger partial charge on any atom is 0.315 e. The van der Waals surface area contributed by atoms with E-state index in [1.54, 1.807) is 6.20 Å². The van der Waals surface area contributed by atoms with Crippen LogP contribution in [0.25, 0.3) is 0 Å². The van der Waals surface area contributed by atoms with Gasteiger partial charge in [0, 0.05) is 25.3 Å². The van der Waals surface area contributed by atoms with Crippen LogP contribution in [0.4, 0.5) is 10.6 Å². The number of carbonyl (C=O) groups excluding carboxylic acids is 1. The quantitative estimate of drug-likeness (QED) is 0.574. The van der Waals surface area contributed by atoms with E-state index in [-0.39, 0.29) is 18.0 Å². The lowest BCUT2D eigenvalue weighted by Gasteiger charge is -2.26. The van der Waals surface area contributed by atoms with Crippen molar-refractivity contribution in [2.45, 2.75) is 38.1 Å². The van der Waals surface area contributed by atoms with Gasteiger partial charge >= 0.3 is 12.0 Å². The summed E-state index contributed by atoms with van der Waals surface area (Å²) in [6.45, 7) is 1.32. The Morgan fingerprint density at radius 1 is 1.17 bits per heavy atom. The van der Waals surface area contributed by atoms with Gasteiger partial charge in [-0.2, -0.15) is 0 Å². The number of nitrogens with one attached hydrogen (secondary N) is 3. The second-order valence-corrected chi connectivity index (χ2v) is 5.78. The van der Waals surface area contributed by atoms with Gasteiger partial charge in [-0.05, 0) is 44.2 Å². The van der Waals surface area contributed by atoms with E-state index < -0.39 is 5.97 Å². The molecule has 0 radical (unpaired) electrons. The number of urea groups is 1. The van der Waals surface area contributed by atoms with Crippen molar-refractivity contribution < 1.29 is 14.7 Å². The zero-order valence-electron chi connectivity index (χ0n) is 13.1. The van der Waals surface area contributed by atoms with Gasteiger partial charge in [-0.15, -0.1) is 0 Å². The van der Waals surface area contributed by atoms with Crippen molar-refractivity contribution in [3.05, 3.63) is 24.4 Å². The number of hydrogen-bond donors (Lipinski definition) is 4. The van der Waals surface area contributed by atoms with Gasteiger partial charge in [-0.3, -0.25) is 4.79 Å². The monoisotopic (exact) mass is 320 g/mol. The molecule has 23 heavy (non-hydrogen) atoms. The standard InChI is InChI=1S/C16H24N4O3/c21-15(22)12-5-7-13(8-6-12)20-16(23)19-11-3-10-18-14-4-1-2-9-17-14/h1-2,4,9,12-13H,3,5-8,10-11H2,(H,17,18)(H,21,22)(H2,19,20,23). The van der Waals surface area contributed by atoms with E-state index in [1.165, 1.54) is 0 Å². The Bertz CT molecular complexity index is 501. The van der Waals surface area contributed by atoms with E-state index in [9.17, 15) is 9.59 Å². The predicted octanol–water partition coefficient (Wildman–Crippen LogP) is 1.83.